The zero-order valence-corrected chi connectivity index (χ0v) is 13.1. The second-order valence-electron chi connectivity index (χ2n) is 4.45. The molecule has 1 aromatic rings. The van der Waals surface area contributed by atoms with E-state index in [4.69, 9.17) is 9.84 Å². The number of ether oxygens (including phenoxy) is 1. The lowest BCUT2D eigenvalue weighted by Gasteiger charge is -2.22. The highest BCUT2D eigenvalue weighted by molar-refractivity contribution is 9.10. The Kier molecular flexibility index (Phi) is 6.51. The predicted octanol–water partition coefficient (Wildman–Crippen LogP) is 2.54. The number of nitrogens with zero attached hydrogens (tertiary/aromatic N) is 1. The van der Waals surface area contributed by atoms with Gasteiger partial charge in [0.2, 0.25) is 0 Å². The summed E-state index contributed by atoms with van der Waals surface area (Å²) in [6.07, 6.45) is -0.139. The molecule has 20 heavy (non-hydrogen) atoms. The van der Waals surface area contributed by atoms with E-state index in [2.05, 4.69) is 15.9 Å². The highest BCUT2D eigenvalue weighted by atomic mass is 79.9. The van der Waals surface area contributed by atoms with Crippen LogP contribution >= 0.6 is 15.9 Å². The lowest BCUT2D eigenvalue weighted by Crippen LogP contribution is -2.38. The fourth-order valence-electron chi connectivity index (χ4n) is 1.67. The number of carbonyl (C=O) groups is 2. The van der Waals surface area contributed by atoms with Crippen molar-refractivity contribution in [3.8, 4) is 5.75 Å². The molecule has 0 aliphatic carbocycles. The Morgan fingerprint density at radius 1 is 1.40 bits per heavy atom. The minimum absolute atomic E-state index is 0.0527. The van der Waals surface area contributed by atoms with E-state index in [0.29, 0.717) is 18.7 Å². The maximum Gasteiger partial charge on any atom is 0.303 e. The van der Waals surface area contributed by atoms with Gasteiger partial charge in [-0.05, 0) is 41.4 Å². The standard InChI is InChI=1S/C14H18BrNO4/c1-10(20-12-7-4-3-6-11(12)15)14(19)16(2)9-5-8-13(17)18/h3-4,6-7,10H,5,8-9H2,1-2H3,(H,17,18). The number of carbonyl (C=O) groups excluding carboxylic acids is 1. The molecule has 0 bridgehead atoms. The van der Waals surface area contributed by atoms with Crippen LogP contribution < -0.4 is 4.74 Å². The van der Waals surface area contributed by atoms with Crippen LogP contribution in [0.4, 0.5) is 0 Å². The van der Waals surface area contributed by atoms with Gasteiger partial charge in [-0.2, -0.15) is 0 Å². The zero-order valence-electron chi connectivity index (χ0n) is 11.5. The smallest absolute Gasteiger partial charge is 0.303 e. The molecule has 1 atom stereocenters. The van der Waals surface area contributed by atoms with Crippen molar-refractivity contribution < 1.29 is 19.4 Å². The summed E-state index contributed by atoms with van der Waals surface area (Å²) in [5.41, 5.74) is 0. The lowest BCUT2D eigenvalue weighted by molar-refractivity contribution is -0.139. The molecule has 1 aromatic carbocycles. The van der Waals surface area contributed by atoms with Gasteiger partial charge in [-0.3, -0.25) is 9.59 Å². The van der Waals surface area contributed by atoms with Crippen LogP contribution in [0.25, 0.3) is 0 Å². The molecule has 0 fully saturated rings. The lowest BCUT2D eigenvalue weighted by atomic mass is 10.2. The average Bonchev–Trinajstić information content (AvgIpc) is 2.39. The minimum Gasteiger partial charge on any atom is -0.481 e. The molecule has 0 saturated carbocycles. The number of halogens is 1. The number of amides is 1. The fourth-order valence-corrected chi connectivity index (χ4v) is 2.05. The largest absolute Gasteiger partial charge is 0.481 e. The summed E-state index contributed by atoms with van der Waals surface area (Å²) < 4.78 is 6.39. The molecule has 1 N–H and O–H groups in total. The highest BCUT2D eigenvalue weighted by Gasteiger charge is 2.19. The van der Waals surface area contributed by atoms with Crippen LogP contribution in [0.5, 0.6) is 5.75 Å². The first-order chi connectivity index (χ1) is 9.41. The van der Waals surface area contributed by atoms with Gasteiger partial charge in [0.05, 0.1) is 4.47 Å². The third-order valence-electron chi connectivity index (χ3n) is 2.75. The van der Waals surface area contributed by atoms with Crippen LogP contribution in [0, 0.1) is 0 Å². The fraction of sp³-hybridized carbons (Fsp3) is 0.429. The Bertz CT molecular complexity index is 478. The SMILES string of the molecule is CC(Oc1ccccc1Br)C(=O)N(C)CCCC(=O)O. The van der Waals surface area contributed by atoms with Gasteiger partial charge in [0, 0.05) is 20.0 Å². The number of carboxylic acids is 1. The van der Waals surface area contributed by atoms with E-state index in [1.165, 1.54) is 4.90 Å². The summed E-state index contributed by atoms with van der Waals surface area (Å²) >= 11 is 3.35. The maximum absolute atomic E-state index is 12.1. The molecule has 0 aromatic heterocycles. The van der Waals surface area contributed by atoms with Crippen molar-refractivity contribution in [2.75, 3.05) is 13.6 Å². The first kappa shape index (κ1) is 16.5. The van der Waals surface area contributed by atoms with E-state index in [1.807, 2.05) is 18.2 Å². The number of hydrogen-bond donors (Lipinski definition) is 1. The van der Waals surface area contributed by atoms with Crippen molar-refractivity contribution in [1.29, 1.82) is 0 Å². The molecule has 6 heteroatoms. The second kappa shape index (κ2) is 7.89. The Morgan fingerprint density at radius 2 is 2.05 bits per heavy atom. The highest BCUT2D eigenvalue weighted by Crippen LogP contribution is 2.25. The molecule has 0 aliphatic rings. The van der Waals surface area contributed by atoms with Crippen LogP contribution in [0.1, 0.15) is 19.8 Å². The average molecular weight is 344 g/mol. The number of benzene rings is 1. The van der Waals surface area contributed by atoms with E-state index in [-0.39, 0.29) is 12.3 Å². The third-order valence-corrected chi connectivity index (χ3v) is 3.40. The molecule has 0 saturated heterocycles. The van der Waals surface area contributed by atoms with Crippen molar-refractivity contribution in [3.63, 3.8) is 0 Å². The normalized spacial score (nSPS) is 11.8. The van der Waals surface area contributed by atoms with E-state index in [1.54, 1.807) is 20.0 Å². The van der Waals surface area contributed by atoms with Crippen molar-refractivity contribution in [2.24, 2.45) is 0 Å². The first-order valence-corrected chi connectivity index (χ1v) is 7.09. The Morgan fingerprint density at radius 3 is 2.65 bits per heavy atom. The van der Waals surface area contributed by atoms with E-state index < -0.39 is 12.1 Å². The number of rotatable bonds is 7. The van der Waals surface area contributed by atoms with Gasteiger partial charge in [-0.1, -0.05) is 12.1 Å². The Hall–Kier alpha value is -1.56. The second-order valence-corrected chi connectivity index (χ2v) is 5.30. The van der Waals surface area contributed by atoms with Gasteiger partial charge in [0.25, 0.3) is 5.91 Å². The third kappa shape index (κ3) is 5.21. The minimum atomic E-state index is -0.858. The van der Waals surface area contributed by atoms with Crippen LogP contribution in [-0.4, -0.2) is 41.6 Å². The van der Waals surface area contributed by atoms with Gasteiger partial charge in [0.1, 0.15) is 5.75 Å². The van der Waals surface area contributed by atoms with Crippen molar-refractivity contribution in [2.45, 2.75) is 25.9 Å². The molecule has 110 valence electrons. The molecule has 1 amide bonds. The summed E-state index contributed by atoms with van der Waals surface area (Å²) in [6, 6.07) is 7.30. The van der Waals surface area contributed by atoms with E-state index in [0.717, 1.165) is 4.47 Å². The van der Waals surface area contributed by atoms with Crippen molar-refractivity contribution in [1.82, 2.24) is 4.90 Å². The Balaban J connectivity index is 2.50. The van der Waals surface area contributed by atoms with Crippen LogP contribution in [0.15, 0.2) is 28.7 Å². The molecule has 5 nitrogen and oxygen atoms in total. The Labute approximate surface area is 126 Å². The molecular weight excluding hydrogens is 326 g/mol. The zero-order chi connectivity index (χ0) is 15.1. The maximum atomic E-state index is 12.1. The molecule has 1 unspecified atom stereocenters. The monoisotopic (exact) mass is 343 g/mol. The number of para-hydroxylation sites is 1. The van der Waals surface area contributed by atoms with Crippen LogP contribution in [0.3, 0.4) is 0 Å². The van der Waals surface area contributed by atoms with Crippen molar-refractivity contribution in [3.05, 3.63) is 28.7 Å². The van der Waals surface area contributed by atoms with Gasteiger partial charge in [0.15, 0.2) is 6.10 Å². The van der Waals surface area contributed by atoms with Gasteiger partial charge in [-0.15, -0.1) is 0 Å². The molecule has 0 aliphatic heterocycles. The van der Waals surface area contributed by atoms with Gasteiger partial charge < -0.3 is 14.7 Å². The van der Waals surface area contributed by atoms with Crippen molar-refractivity contribution >= 4 is 27.8 Å². The molecule has 1 rings (SSSR count). The summed E-state index contributed by atoms with van der Waals surface area (Å²) in [6.45, 7) is 2.07. The molecular formula is C14H18BrNO4. The van der Waals surface area contributed by atoms with E-state index in [9.17, 15) is 9.59 Å². The van der Waals surface area contributed by atoms with Crippen LogP contribution in [0.2, 0.25) is 0 Å². The van der Waals surface area contributed by atoms with E-state index >= 15 is 0 Å². The molecule has 0 radical (unpaired) electrons. The van der Waals surface area contributed by atoms with Gasteiger partial charge >= 0.3 is 5.97 Å². The summed E-state index contributed by atoms with van der Waals surface area (Å²) in [5, 5.41) is 8.57. The number of aliphatic carboxylic acids is 1. The first-order valence-electron chi connectivity index (χ1n) is 6.29. The summed E-state index contributed by atoms with van der Waals surface area (Å²) in [7, 11) is 1.64. The predicted molar refractivity (Wildman–Crippen MR) is 78.7 cm³/mol. The summed E-state index contributed by atoms with van der Waals surface area (Å²) in [4.78, 5) is 24.0. The molecule has 0 spiro atoms. The topological polar surface area (TPSA) is 66.8 Å². The number of hydrogen-bond acceptors (Lipinski definition) is 3. The van der Waals surface area contributed by atoms with Crippen LogP contribution in [-0.2, 0) is 9.59 Å². The number of likely N-dealkylation sites (N-methyl/N-ethyl adjacent to an activating group) is 1. The van der Waals surface area contributed by atoms with Gasteiger partial charge in [-0.25, -0.2) is 0 Å². The number of carboxylic acid groups (broad SMARTS) is 1. The quantitative estimate of drug-likeness (QED) is 0.826. The molecule has 0 heterocycles. The summed E-state index contributed by atoms with van der Waals surface area (Å²) in [5.74, 6) is -0.429.